The van der Waals surface area contributed by atoms with E-state index in [9.17, 15) is 9.90 Å². The minimum absolute atomic E-state index is 0.0310. The van der Waals surface area contributed by atoms with E-state index in [1.54, 1.807) is 19.9 Å². The van der Waals surface area contributed by atoms with Gasteiger partial charge in [-0.2, -0.15) is 0 Å². The highest BCUT2D eigenvalue weighted by Crippen LogP contribution is 2.24. The number of hydrogen-bond acceptors (Lipinski definition) is 2. The number of para-hydroxylation sites is 1. The zero-order chi connectivity index (χ0) is 18.6. The number of rotatable bonds is 6. The van der Waals surface area contributed by atoms with Gasteiger partial charge in [-0.05, 0) is 37.1 Å². The third-order valence-corrected chi connectivity index (χ3v) is 4.17. The van der Waals surface area contributed by atoms with Crippen LogP contribution >= 0.6 is 0 Å². The third kappa shape index (κ3) is 4.61. The van der Waals surface area contributed by atoms with Gasteiger partial charge in [0.05, 0.1) is 12.0 Å². The van der Waals surface area contributed by atoms with Crippen molar-refractivity contribution in [2.45, 2.75) is 32.4 Å². The van der Waals surface area contributed by atoms with Crippen LogP contribution in [0, 0.1) is 0 Å². The molecule has 0 aliphatic carbocycles. The molecule has 134 valence electrons. The van der Waals surface area contributed by atoms with Crippen molar-refractivity contribution in [3.8, 4) is 0 Å². The van der Waals surface area contributed by atoms with Crippen molar-refractivity contribution in [1.29, 1.82) is 0 Å². The molecule has 1 amide bonds. The van der Waals surface area contributed by atoms with Crippen LogP contribution in [0.4, 0.5) is 0 Å². The highest BCUT2D eigenvalue weighted by Gasteiger charge is 2.14. The fourth-order valence-electron chi connectivity index (χ4n) is 2.86. The second kappa shape index (κ2) is 7.58. The van der Waals surface area contributed by atoms with Gasteiger partial charge in [-0.15, -0.1) is 0 Å². The van der Waals surface area contributed by atoms with E-state index < -0.39 is 5.60 Å². The van der Waals surface area contributed by atoms with Gasteiger partial charge in [0.2, 0.25) is 5.91 Å². The van der Waals surface area contributed by atoms with Crippen LogP contribution in [-0.4, -0.2) is 21.6 Å². The number of fused-ring (bicyclic) bond motifs is 1. The molecular formula is C22H24N2O2. The number of carbonyl (C=O) groups excluding carboxylic acids is 1. The Kier molecular flexibility index (Phi) is 5.24. The maximum atomic E-state index is 12.5. The SMILES string of the molecule is CC(C)(O)/C=C/c1[nH]c2ccccc2c1CC(=O)NCc1ccccc1. The summed E-state index contributed by atoms with van der Waals surface area (Å²) < 4.78 is 0. The second-order valence-corrected chi connectivity index (χ2v) is 6.99. The Bertz CT molecular complexity index is 918. The third-order valence-electron chi connectivity index (χ3n) is 4.17. The molecule has 0 saturated heterocycles. The Morgan fingerprint density at radius 1 is 1.12 bits per heavy atom. The summed E-state index contributed by atoms with van der Waals surface area (Å²) >= 11 is 0. The van der Waals surface area contributed by atoms with Crippen molar-refractivity contribution in [3.05, 3.63) is 77.5 Å². The molecule has 3 N–H and O–H groups in total. The predicted molar refractivity (Wildman–Crippen MR) is 106 cm³/mol. The molecule has 0 atom stereocenters. The van der Waals surface area contributed by atoms with Gasteiger partial charge in [-0.1, -0.05) is 54.6 Å². The molecule has 3 rings (SSSR count). The first-order chi connectivity index (χ1) is 12.4. The summed E-state index contributed by atoms with van der Waals surface area (Å²) in [4.78, 5) is 15.8. The van der Waals surface area contributed by atoms with E-state index >= 15 is 0 Å². The number of hydrogen-bond donors (Lipinski definition) is 3. The standard InChI is InChI=1S/C22H24N2O2/c1-22(2,26)13-12-20-18(17-10-6-7-11-19(17)24-20)14-21(25)23-15-16-8-4-3-5-9-16/h3-13,24,26H,14-15H2,1-2H3,(H,23,25)/b13-12+. The molecule has 0 saturated carbocycles. The van der Waals surface area contributed by atoms with E-state index in [4.69, 9.17) is 0 Å². The number of amides is 1. The van der Waals surface area contributed by atoms with E-state index in [0.717, 1.165) is 27.7 Å². The number of H-pyrrole nitrogens is 1. The van der Waals surface area contributed by atoms with Crippen LogP contribution in [0.25, 0.3) is 17.0 Å². The first-order valence-electron chi connectivity index (χ1n) is 8.74. The fourth-order valence-corrected chi connectivity index (χ4v) is 2.86. The van der Waals surface area contributed by atoms with Crippen LogP contribution in [0.1, 0.15) is 30.7 Å². The van der Waals surface area contributed by atoms with E-state index in [1.807, 2.05) is 60.7 Å². The van der Waals surface area contributed by atoms with Crippen molar-refractivity contribution in [2.75, 3.05) is 0 Å². The van der Waals surface area contributed by atoms with Crippen molar-refractivity contribution in [1.82, 2.24) is 10.3 Å². The molecule has 2 aromatic carbocycles. The molecule has 0 aliphatic rings. The average molecular weight is 348 g/mol. The monoisotopic (exact) mass is 348 g/mol. The largest absolute Gasteiger partial charge is 0.386 e. The van der Waals surface area contributed by atoms with E-state index in [0.29, 0.717) is 6.54 Å². The molecule has 1 aromatic heterocycles. The van der Waals surface area contributed by atoms with Gasteiger partial charge in [0.1, 0.15) is 0 Å². The number of aromatic nitrogens is 1. The van der Waals surface area contributed by atoms with Crippen molar-refractivity contribution < 1.29 is 9.90 Å². The van der Waals surface area contributed by atoms with Gasteiger partial charge in [-0.25, -0.2) is 0 Å². The molecule has 0 unspecified atom stereocenters. The molecule has 0 aliphatic heterocycles. The van der Waals surface area contributed by atoms with E-state index in [1.165, 1.54) is 0 Å². The highest BCUT2D eigenvalue weighted by molar-refractivity contribution is 5.92. The number of aliphatic hydroxyl groups is 1. The Morgan fingerprint density at radius 2 is 1.81 bits per heavy atom. The van der Waals surface area contributed by atoms with Crippen molar-refractivity contribution in [3.63, 3.8) is 0 Å². The molecule has 0 fully saturated rings. The van der Waals surface area contributed by atoms with Crippen molar-refractivity contribution in [2.24, 2.45) is 0 Å². The first-order valence-corrected chi connectivity index (χ1v) is 8.74. The fraction of sp³-hybridized carbons (Fsp3) is 0.227. The summed E-state index contributed by atoms with van der Waals surface area (Å²) in [5, 5.41) is 14.0. The lowest BCUT2D eigenvalue weighted by molar-refractivity contribution is -0.120. The van der Waals surface area contributed by atoms with Gasteiger partial charge in [0.25, 0.3) is 0 Å². The lowest BCUT2D eigenvalue weighted by Crippen LogP contribution is -2.24. The predicted octanol–water partition coefficient (Wildman–Crippen LogP) is 3.81. The summed E-state index contributed by atoms with van der Waals surface area (Å²) in [6.07, 6.45) is 3.85. The minimum Gasteiger partial charge on any atom is -0.386 e. The van der Waals surface area contributed by atoms with Crippen LogP contribution < -0.4 is 5.32 Å². The maximum Gasteiger partial charge on any atom is 0.224 e. The van der Waals surface area contributed by atoms with Gasteiger partial charge in [0, 0.05) is 23.1 Å². The lowest BCUT2D eigenvalue weighted by Gasteiger charge is -2.10. The summed E-state index contributed by atoms with van der Waals surface area (Å²) in [6, 6.07) is 17.8. The summed E-state index contributed by atoms with van der Waals surface area (Å²) in [6.45, 7) is 3.95. The summed E-state index contributed by atoms with van der Waals surface area (Å²) in [5.74, 6) is -0.0310. The first kappa shape index (κ1) is 18.0. The lowest BCUT2D eigenvalue weighted by atomic mass is 10.0. The number of benzene rings is 2. The van der Waals surface area contributed by atoms with Crippen LogP contribution in [0.15, 0.2) is 60.7 Å². The number of carbonyl (C=O) groups is 1. The molecule has 26 heavy (non-hydrogen) atoms. The molecule has 4 nitrogen and oxygen atoms in total. The zero-order valence-corrected chi connectivity index (χ0v) is 15.1. The van der Waals surface area contributed by atoms with E-state index in [2.05, 4.69) is 10.3 Å². The Balaban J connectivity index is 1.81. The van der Waals surface area contributed by atoms with Crippen LogP contribution in [0.5, 0.6) is 0 Å². The number of aromatic amines is 1. The van der Waals surface area contributed by atoms with Gasteiger partial charge in [-0.3, -0.25) is 4.79 Å². The van der Waals surface area contributed by atoms with E-state index in [-0.39, 0.29) is 12.3 Å². The Morgan fingerprint density at radius 3 is 2.54 bits per heavy atom. The quantitative estimate of drug-likeness (QED) is 0.634. The van der Waals surface area contributed by atoms with Gasteiger partial charge < -0.3 is 15.4 Å². The van der Waals surface area contributed by atoms with Crippen molar-refractivity contribution >= 4 is 22.9 Å². The molecule has 4 heteroatoms. The average Bonchev–Trinajstić information content (AvgIpc) is 2.96. The molecule has 0 bridgehead atoms. The Hall–Kier alpha value is -2.85. The molecule has 1 heterocycles. The van der Waals surface area contributed by atoms with Crippen LogP contribution in [-0.2, 0) is 17.8 Å². The normalized spacial score (nSPS) is 12.0. The minimum atomic E-state index is -0.913. The maximum absolute atomic E-state index is 12.5. The highest BCUT2D eigenvalue weighted by atomic mass is 16.3. The smallest absolute Gasteiger partial charge is 0.224 e. The van der Waals surface area contributed by atoms with Crippen LogP contribution in [0.2, 0.25) is 0 Å². The number of nitrogens with one attached hydrogen (secondary N) is 2. The summed E-state index contributed by atoms with van der Waals surface area (Å²) in [5.41, 5.74) is 2.93. The molecule has 0 spiro atoms. The molecular weight excluding hydrogens is 324 g/mol. The molecule has 3 aromatic rings. The summed E-state index contributed by atoms with van der Waals surface area (Å²) in [7, 11) is 0. The van der Waals surface area contributed by atoms with Gasteiger partial charge >= 0.3 is 0 Å². The molecule has 0 radical (unpaired) electrons. The Labute approximate surface area is 153 Å². The van der Waals surface area contributed by atoms with Crippen LogP contribution in [0.3, 0.4) is 0 Å². The zero-order valence-electron chi connectivity index (χ0n) is 15.1. The van der Waals surface area contributed by atoms with Gasteiger partial charge in [0.15, 0.2) is 0 Å². The topological polar surface area (TPSA) is 65.1 Å². The second-order valence-electron chi connectivity index (χ2n) is 6.99.